The Morgan fingerprint density at radius 1 is 1.07 bits per heavy atom. The average molecular weight is 402 g/mol. The second kappa shape index (κ2) is 9.14. The quantitative estimate of drug-likeness (QED) is 0.444. The summed E-state index contributed by atoms with van der Waals surface area (Å²) in [5.74, 6) is -0.897. The highest BCUT2D eigenvalue weighted by atomic mass is 32.2. The lowest BCUT2D eigenvalue weighted by Crippen LogP contribution is -2.51. The molecular weight excluding hydrogens is 384 g/mol. The van der Waals surface area contributed by atoms with E-state index < -0.39 is 30.5 Å². The molecule has 1 heterocycles. The summed E-state index contributed by atoms with van der Waals surface area (Å²) in [6, 6.07) is 13.8. The number of nitrogens with one attached hydrogen (secondary N) is 2. The predicted octanol–water partition coefficient (Wildman–Crippen LogP) is 1.55. The smallest absolute Gasteiger partial charge is 0.338 e. The number of carbonyl (C=O) groups excluding carboxylic acids is 3. The molecular formula is C19H18N2O6S. The highest BCUT2D eigenvalue weighted by Gasteiger charge is 2.27. The van der Waals surface area contributed by atoms with Gasteiger partial charge in [-0.1, -0.05) is 12.1 Å². The number of benzene rings is 2. The molecule has 1 aliphatic rings. The van der Waals surface area contributed by atoms with E-state index in [-0.39, 0.29) is 6.61 Å². The molecule has 0 radical (unpaired) electrons. The Kier molecular flexibility index (Phi) is 6.38. The van der Waals surface area contributed by atoms with E-state index in [0.717, 1.165) is 4.90 Å². The van der Waals surface area contributed by atoms with Crippen molar-refractivity contribution in [3.8, 4) is 11.5 Å². The average Bonchev–Trinajstić information content (AvgIpc) is 2.75. The molecule has 2 N–H and O–H groups in total. The highest BCUT2D eigenvalue weighted by Crippen LogP contribution is 2.30. The van der Waals surface area contributed by atoms with Gasteiger partial charge in [-0.2, -0.15) is 0 Å². The zero-order chi connectivity index (χ0) is 19.9. The first-order valence-electron chi connectivity index (χ1n) is 8.35. The molecule has 0 spiro atoms. The number of esters is 1. The van der Waals surface area contributed by atoms with Gasteiger partial charge in [0, 0.05) is 4.90 Å². The van der Waals surface area contributed by atoms with Crippen LogP contribution in [0.2, 0.25) is 0 Å². The number of hydrogen-bond donors (Lipinski definition) is 2. The molecule has 1 aliphatic heterocycles. The zero-order valence-electron chi connectivity index (χ0n) is 15.0. The molecule has 2 amide bonds. The second-order valence-electron chi connectivity index (χ2n) is 5.71. The molecule has 2 aromatic carbocycles. The SMILES string of the molecule is CSc1ccc(C(=O)OCC(=O)NNC(=O)[C@@H]2COc3ccccc3O2)cc1. The van der Waals surface area contributed by atoms with E-state index in [4.69, 9.17) is 14.2 Å². The molecule has 8 nitrogen and oxygen atoms in total. The number of fused-ring (bicyclic) bond motifs is 1. The van der Waals surface area contributed by atoms with Crippen molar-refractivity contribution in [3.63, 3.8) is 0 Å². The molecule has 1 atom stereocenters. The fourth-order valence-corrected chi connectivity index (χ4v) is 2.75. The van der Waals surface area contributed by atoms with Gasteiger partial charge in [0.2, 0.25) is 6.10 Å². The lowest BCUT2D eigenvalue weighted by molar-refractivity contribution is -0.135. The molecule has 0 bridgehead atoms. The van der Waals surface area contributed by atoms with Crippen LogP contribution in [0.15, 0.2) is 53.4 Å². The zero-order valence-corrected chi connectivity index (χ0v) is 15.8. The van der Waals surface area contributed by atoms with E-state index in [2.05, 4.69) is 10.9 Å². The van der Waals surface area contributed by atoms with E-state index in [1.165, 1.54) is 0 Å². The topological polar surface area (TPSA) is 103 Å². The number of thioether (sulfide) groups is 1. The Labute approximate surface area is 165 Å². The predicted molar refractivity (Wildman–Crippen MR) is 101 cm³/mol. The Bertz CT molecular complexity index is 871. The minimum Gasteiger partial charge on any atom is -0.485 e. The minimum atomic E-state index is -0.910. The molecule has 0 fully saturated rings. The molecule has 0 aromatic heterocycles. The van der Waals surface area contributed by atoms with Crippen molar-refractivity contribution in [1.82, 2.24) is 10.9 Å². The summed E-state index contributed by atoms with van der Waals surface area (Å²) >= 11 is 1.55. The van der Waals surface area contributed by atoms with E-state index >= 15 is 0 Å². The number of ether oxygens (including phenoxy) is 3. The van der Waals surface area contributed by atoms with Crippen LogP contribution in [-0.2, 0) is 14.3 Å². The Morgan fingerprint density at radius 3 is 2.50 bits per heavy atom. The summed E-state index contributed by atoms with van der Waals surface area (Å²) in [5.41, 5.74) is 4.73. The van der Waals surface area contributed by atoms with E-state index in [9.17, 15) is 14.4 Å². The van der Waals surface area contributed by atoms with Crippen molar-refractivity contribution >= 4 is 29.5 Å². The maximum absolute atomic E-state index is 12.1. The summed E-state index contributed by atoms with van der Waals surface area (Å²) in [6.45, 7) is -0.520. The third-order valence-corrected chi connectivity index (χ3v) is 4.53. The number of hydrazine groups is 1. The normalized spacial score (nSPS) is 14.7. The van der Waals surface area contributed by atoms with Gasteiger partial charge in [0.25, 0.3) is 11.8 Å². The van der Waals surface area contributed by atoms with E-state index in [0.29, 0.717) is 17.1 Å². The lowest BCUT2D eigenvalue weighted by atomic mass is 10.2. The van der Waals surface area contributed by atoms with Gasteiger partial charge in [0.05, 0.1) is 5.56 Å². The fraction of sp³-hybridized carbons (Fsp3) is 0.211. The summed E-state index contributed by atoms with van der Waals surface area (Å²) in [7, 11) is 0. The summed E-state index contributed by atoms with van der Waals surface area (Å²) in [4.78, 5) is 36.8. The Hall–Kier alpha value is -3.20. The van der Waals surface area contributed by atoms with Crippen LogP contribution in [0.5, 0.6) is 11.5 Å². The van der Waals surface area contributed by atoms with Gasteiger partial charge in [-0.15, -0.1) is 11.8 Å². The number of para-hydroxylation sites is 2. The highest BCUT2D eigenvalue weighted by molar-refractivity contribution is 7.98. The molecule has 3 rings (SSSR count). The molecule has 9 heteroatoms. The summed E-state index contributed by atoms with van der Waals surface area (Å²) in [6.07, 6.45) is 1.02. The van der Waals surface area contributed by atoms with Crippen LogP contribution >= 0.6 is 11.8 Å². The fourth-order valence-electron chi connectivity index (χ4n) is 2.34. The van der Waals surface area contributed by atoms with Crippen LogP contribution in [0.3, 0.4) is 0 Å². The molecule has 2 aromatic rings. The Balaban J connectivity index is 1.41. The third-order valence-electron chi connectivity index (χ3n) is 3.79. The van der Waals surface area contributed by atoms with Gasteiger partial charge in [-0.05, 0) is 42.7 Å². The maximum Gasteiger partial charge on any atom is 0.338 e. The monoisotopic (exact) mass is 402 g/mol. The molecule has 0 aliphatic carbocycles. The largest absolute Gasteiger partial charge is 0.485 e. The second-order valence-corrected chi connectivity index (χ2v) is 6.59. The van der Waals surface area contributed by atoms with Crippen LogP contribution in [-0.4, -0.2) is 43.4 Å². The molecule has 0 unspecified atom stereocenters. The van der Waals surface area contributed by atoms with Crippen LogP contribution in [0.25, 0.3) is 0 Å². The van der Waals surface area contributed by atoms with Crippen molar-refractivity contribution in [2.75, 3.05) is 19.5 Å². The van der Waals surface area contributed by atoms with Crippen molar-refractivity contribution in [1.29, 1.82) is 0 Å². The summed E-state index contributed by atoms with van der Waals surface area (Å²) < 4.78 is 15.9. The number of carbonyl (C=O) groups is 3. The number of rotatable bonds is 5. The number of hydrogen-bond acceptors (Lipinski definition) is 7. The molecule has 0 saturated carbocycles. The Morgan fingerprint density at radius 2 is 1.79 bits per heavy atom. The third kappa shape index (κ3) is 4.95. The first-order valence-corrected chi connectivity index (χ1v) is 9.57. The molecule has 146 valence electrons. The van der Waals surface area contributed by atoms with Gasteiger partial charge < -0.3 is 14.2 Å². The number of amides is 2. The lowest BCUT2D eigenvalue weighted by Gasteiger charge is -2.25. The van der Waals surface area contributed by atoms with E-state index in [1.807, 2.05) is 6.26 Å². The van der Waals surface area contributed by atoms with Crippen molar-refractivity contribution < 1.29 is 28.6 Å². The first kappa shape index (κ1) is 19.6. The van der Waals surface area contributed by atoms with Gasteiger partial charge in [-0.25, -0.2) is 4.79 Å². The van der Waals surface area contributed by atoms with Gasteiger partial charge >= 0.3 is 5.97 Å². The van der Waals surface area contributed by atoms with Gasteiger partial charge in [-0.3, -0.25) is 20.4 Å². The first-order chi connectivity index (χ1) is 13.6. The van der Waals surface area contributed by atoms with Crippen molar-refractivity contribution in [2.24, 2.45) is 0 Å². The molecule has 28 heavy (non-hydrogen) atoms. The van der Waals surface area contributed by atoms with Crippen LogP contribution < -0.4 is 20.3 Å². The van der Waals surface area contributed by atoms with Crippen LogP contribution in [0.1, 0.15) is 10.4 Å². The molecule has 0 saturated heterocycles. The van der Waals surface area contributed by atoms with E-state index in [1.54, 1.807) is 60.3 Å². The van der Waals surface area contributed by atoms with Gasteiger partial charge in [0.15, 0.2) is 18.1 Å². The maximum atomic E-state index is 12.1. The van der Waals surface area contributed by atoms with Gasteiger partial charge in [0.1, 0.15) is 6.61 Å². The summed E-state index contributed by atoms with van der Waals surface area (Å²) in [5, 5.41) is 0. The van der Waals surface area contributed by atoms with Crippen LogP contribution in [0.4, 0.5) is 0 Å². The standard InChI is InChI=1S/C19H18N2O6S/c1-28-13-8-6-12(7-9-13)19(24)26-11-17(22)20-21-18(23)16-10-25-14-4-2-3-5-15(14)27-16/h2-9,16H,10-11H2,1H3,(H,20,22)(H,21,23)/t16-/m0/s1. The van der Waals surface area contributed by atoms with Crippen molar-refractivity contribution in [3.05, 3.63) is 54.1 Å². The van der Waals surface area contributed by atoms with Crippen molar-refractivity contribution in [2.45, 2.75) is 11.0 Å². The minimum absolute atomic E-state index is 0.0136. The van der Waals surface area contributed by atoms with Crippen LogP contribution in [0, 0.1) is 0 Å².